The second kappa shape index (κ2) is 6.76. The standard InChI is InChI=1S/C15H22N2O4S/c1-16(2)13-8-9-17(14(10-13)15(18)19)22(20,21)11-12-6-4-3-5-7-12/h3-7,13-14H,8-11H2,1-2H3,(H,18,19)/t13-,14-/m1/s1. The lowest BCUT2D eigenvalue weighted by Gasteiger charge is -2.38. The number of carboxylic acid groups (broad SMARTS) is 1. The number of nitrogens with zero attached hydrogens (tertiary/aromatic N) is 2. The molecule has 0 unspecified atom stereocenters. The minimum Gasteiger partial charge on any atom is -0.480 e. The minimum atomic E-state index is -3.65. The molecule has 7 heteroatoms. The molecule has 2 atom stereocenters. The van der Waals surface area contributed by atoms with Crippen molar-refractivity contribution < 1.29 is 18.3 Å². The molecule has 1 aliphatic heterocycles. The van der Waals surface area contributed by atoms with Gasteiger partial charge in [0.15, 0.2) is 0 Å². The van der Waals surface area contributed by atoms with Gasteiger partial charge in [-0.1, -0.05) is 30.3 Å². The van der Waals surface area contributed by atoms with Gasteiger partial charge in [0.2, 0.25) is 10.0 Å². The van der Waals surface area contributed by atoms with Gasteiger partial charge in [-0.3, -0.25) is 4.79 Å². The first-order valence-electron chi connectivity index (χ1n) is 7.24. The van der Waals surface area contributed by atoms with Crippen LogP contribution in [0.2, 0.25) is 0 Å². The van der Waals surface area contributed by atoms with E-state index < -0.39 is 22.0 Å². The highest BCUT2D eigenvalue weighted by Gasteiger charge is 2.40. The highest BCUT2D eigenvalue weighted by molar-refractivity contribution is 7.88. The van der Waals surface area contributed by atoms with Crippen LogP contribution in [0.5, 0.6) is 0 Å². The molecule has 0 aromatic heterocycles. The van der Waals surface area contributed by atoms with E-state index in [4.69, 9.17) is 0 Å². The van der Waals surface area contributed by atoms with Crippen molar-refractivity contribution in [1.29, 1.82) is 0 Å². The summed E-state index contributed by atoms with van der Waals surface area (Å²) < 4.78 is 26.3. The first kappa shape index (κ1) is 16.9. The number of sulfonamides is 1. The number of carbonyl (C=O) groups is 1. The predicted octanol–water partition coefficient (Wildman–Crippen LogP) is 0.996. The summed E-state index contributed by atoms with van der Waals surface area (Å²) in [5, 5.41) is 9.41. The first-order chi connectivity index (χ1) is 10.3. The van der Waals surface area contributed by atoms with Crippen molar-refractivity contribution in [1.82, 2.24) is 9.21 Å². The maximum atomic E-state index is 12.6. The molecule has 0 bridgehead atoms. The molecule has 1 fully saturated rings. The molecule has 2 rings (SSSR count). The molecule has 0 spiro atoms. The second-order valence-electron chi connectivity index (χ2n) is 5.85. The monoisotopic (exact) mass is 326 g/mol. The smallest absolute Gasteiger partial charge is 0.322 e. The predicted molar refractivity (Wildman–Crippen MR) is 83.9 cm³/mol. The van der Waals surface area contributed by atoms with E-state index in [2.05, 4.69) is 0 Å². The maximum absolute atomic E-state index is 12.6. The minimum absolute atomic E-state index is 0.0873. The van der Waals surface area contributed by atoms with Gasteiger partial charge in [-0.25, -0.2) is 8.42 Å². The van der Waals surface area contributed by atoms with Gasteiger partial charge in [0.1, 0.15) is 6.04 Å². The average Bonchev–Trinajstić information content (AvgIpc) is 2.47. The fraction of sp³-hybridized carbons (Fsp3) is 0.533. The Kier molecular flexibility index (Phi) is 5.20. The Bertz CT molecular complexity index is 616. The molecular weight excluding hydrogens is 304 g/mol. The molecule has 1 aromatic carbocycles. The van der Waals surface area contributed by atoms with Crippen LogP contribution in [0.25, 0.3) is 0 Å². The van der Waals surface area contributed by atoms with E-state index in [0.29, 0.717) is 18.4 Å². The molecule has 0 radical (unpaired) electrons. The molecule has 6 nitrogen and oxygen atoms in total. The zero-order chi connectivity index (χ0) is 16.3. The Balaban J connectivity index is 2.20. The SMILES string of the molecule is CN(C)[C@@H]1CCN(S(=O)(=O)Cc2ccccc2)[C@@H](C(=O)O)C1. The van der Waals surface area contributed by atoms with E-state index in [1.807, 2.05) is 25.1 Å². The highest BCUT2D eigenvalue weighted by atomic mass is 32.2. The maximum Gasteiger partial charge on any atom is 0.322 e. The Morgan fingerprint density at radius 2 is 1.95 bits per heavy atom. The highest BCUT2D eigenvalue weighted by Crippen LogP contribution is 2.25. The van der Waals surface area contributed by atoms with E-state index in [-0.39, 0.29) is 18.3 Å². The Morgan fingerprint density at radius 3 is 2.50 bits per heavy atom. The van der Waals surface area contributed by atoms with Gasteiger partial charge in [0, 0.05) is 12.6 Å². The third-order valence-corrected chi connectivity index (χ3v) is 5.94. The van der Waals surface area contributed by atoms with Gasteiger partial charge in [-0.15, -0.1) is 0 Å². The van der Waals surface area contributed by atoms with Crippen LogP contribution in [0.15, 0.2) is 30.3 Å². The molecular formula is C15H22N2O4S. The van der Waals surface area contributed by atoms with Gasteiger partial charge in [-0.2, -0.15) is 4.31 Å². The molecule has 0 amide bonds. The molecule has 122 valence electrons. The normalized spacial score (nSPS) is 23.6. The lowest BCUT2D eigenvalue weighted by molar-refractivity contribution is -0.143. The largest absolute Gasteiger partial charge is 0.480 e. The van der Waals surface area contributed by atoms with Crippen molar-refractivity contribution in [3.63, 3.8) is 0 Å². The zero-order valence-electron chi connectivity index (χ0n) is 12.8. The second-order valence-corrected chi connectivity index (χ2v) is 7.77. The van der Waals surface area contributed by atoms with Crippen molar-refractivity contribution in [2.45, 2.75) is 30.7 Å². The van der Waals surface area contributed by atoms with Gasteiger partial charge in [0.25, 0.3) is 0 Å². The molecule has 1 N–H and O–H groups in total. The molecule has 1 heterocycles. The lowest BCUT2D eigenvalue weighted by Crippen LogP contribution is -2.54. The molecule has 22 heavy (non-hydrogen) atoms. The molecule has 0 saturated carbocycles. The summed E-state index contributed by atoms with van der Waals surface area (Å²) in [6.45, 7) is 0.245. The summed E-state index contributed by atoms with van der Waals surface area (Å²) in [5.41, 5.74) is 0.668. The van der Waals surface area contributed by atoms with E-state index in [1.54, 1.807) is 24.3 Å². The molecule has 0 aliphatic carbocycles. The first-order valence-corrected chi connectivity index (χ1v) is 8.85. The average molecular weight is 326 g/mol. The van der Waals surface area contributed by atoms with Crippen LogP contribution in [0.1, 0.15) is 18.4 Å². The van der Waals surface area contributed by atoms with Crippen molar-refractivity contribution >= 4 is 16.0 Å². The van der Waals surface area contributed by atoms with Gasteiger partial charge < -0.3 is 10.0 Å². The van der Waals surface area contributed by atoms with Crippen LogP contribution in [-0.4, -0.2) is 61.4 Å². The number of hydrogen-bond donors (Lipinski definition) is 1. The number of aliphatic carboxylic acids is 1. The van der Waals surface area contributed by atoms with Gasteiger partial charge >= 0.3 is 5.97 Å². The third-order valence-electron chi connectivity index (χ3n) is 4.09. The number of benzene rings is 1. The van der Waals surface area contributed by atoms with E-state index in [1.165, 1.54) is 0 Å². The van der Waals surface area contributed by atoms with Crippen LogP contribution >= 0.6 is 0 Å². The summed E-state index contributed by atoms with van der Waals surface area (Å²) in [6.07, 6.45) is 0.959. The summed E-state index contributed by atoms with van der Waals surface area (Å²) in [4.78, 5) is 13.5. The quantitative estimate of drug-likeness (QED) is 0.873. The fourth-order valence-corrected chi connectivity index (χ4v) is 4.55. The van der Waals surface area contributed by atoms with Crippen molar-refractivity contribution in [3.8, 4) is 0 Å². The summed E-state index contributed by atoms with van der Waals surface area (Å²) in [5.74, 6) is -1.24. The van der Waals surface area contributed by atoms with Crippen LogP contribution < -0.4 is 0 Å². The van der Waals surface area contributed by atoms with Crippen molar-refractivity contribution in [2.24, 2.45) is 0 Å². The molecule has 1 saturated heterocycles. The third kappa shape index (κ3) is 3.85. The molecule has 1 aromatic rings. The van der Waals surface area contributed by atoms with E-state index in [9.17, 15) is 18.3 Å². The van der Waals surface area contributed by atoms with Crippen LogP contribution in [-0.2, 0) is 20.6 Å². The van der Waals surface area contributed by atoms with Crippen molar-refractivity contribution in [2.75, 3.05) is 20.6 Å². The van der Waals surface area contributed by atoms with Crippen LogP contribution in [0, 0.1) is 0 Å². The summed E-state index contributed by atoms with van der Waals surface area (Å²) in [7, 11) is 0.128. The van der Waals surface area contributed by atoms with Crippen LogP contribution in [0.3, 0.4) is 0 Å². The van der Waals surface area contributed by atoms with E-state index >= 15 is 0 Å². The van der Waals surface area contributed by atoms with E-state index in [0.717, 1.165) is 4.31 Å². The van der Waals surface area contributed by atoms with Gasteiger partial charge in [0.05, 0.1) is 5.75 Å². The number of hydrogen-bond acceptors (Lipinski definition) is 4. The molecule has 1 aliphatic rings. The Morgan fingerprint density at radius 1 is 1.32 bits per heavy atom. The van der Waals surface area contributed by atoms with Crippen LogP contribution in [0.4, 0.5) is 0 Å². The summed E-state index contributed by atoms with van der Waals surface area (Å²) in [6, 6.07) is 7.94. The van der Waals surface area contributed by atoms with Crippen molar-refractivity contribution in [3.05, 3.63) is 35.9 Å². The lowest BCUT2D eigenvalue weighted by atomic mass is 9.99. The Hall–Kier alpha value is -1.44. The topological polar surface area (TPSA) is 77.9 Å². The Labute approximate surface area is 131 Å². The summed E-state index contributed by atoms with van der Waals surface area (Å²) >= 11 is 0. The fourth-order valence-electron chi connectivity index (χ4n) is 2.82. The number of piperidine rings is 1. The number of rotatable bonds is 5. The zero-order valence-corrected chi connectivity index (χ0v) is 13.7. The van der Waals surface area contributed by atoms with Gasteiger partial charge in [-0.05, 0) is 32.5 Å². The number of carboxylic acids is 1.